The predicted molar refractivity (Wildman–Crippen MR) is 116 cm³/mol. The fourth-order valence-electron chi connectivity index (χ4n) is 4.70. The molecule has 188 valence electrons. The Morgan fingerprint density at radius 3 is 2.59 bits per heavy atom. The molecule has 6 nitrogen and oxygen atoms in total. The van der Waals surface area contributed by atoms with Gasteiger partial charge in [-0.05, 0) is 44.9 Å². The average molecular weight is 489 g/mol. The summed E-state index contributed by atoms with van der Waals surface area (Å²) in [5.74, 6) is -3.17. The number of ether oxygens (including phenoxy) is 1. The lowest BCUT2D eigenvalue weighted by Gasteiger charge is -2.32. The quantitative estimate of drug-likeness (QED) is 0.418. The number of hydrogen-bond donors (Lipinski definition) is 0. The second kappa shape index (κ2) is 9.67. The van der Waals surface area contributed by atoms with Crippen molar-refractivity contribution in [3.63, 3.8) is 0 Å². The number of carbonyl (C=O) groups excluding carboxylic acids is 1. The molecule has 0 N–H and O–H groups in total. The molecule has 0 saturated carbocycles. The highest BCUT2D eigenvalue weighted by atomic mass is 19.4. The van der Waals surface area contributed by atoms with Crippen LogP contribution in [0, 0.1) is 0 Å². The zero-order chi connectivity index (χ0) is 24.5. The third-order valence-electron chi connectivity index (χ3n) is 6.60. The summed E-state index contributed by atoms with van der Waals surface area (Å²) in [5, 5.41) is 0.334. The number of likely N-dealkylation sites (tertiary alicyclic amines) is 2. The van der Waals surface area contributed by atoms with E-state index in [1.54, 1.807) is 6.07 Å². The van der Waals surface area contributed by atoms with E-state index in [4.69, 9.17) is 4.74 Å². The Morgan fingerprint density at radius 2 is 1.94 bits per heavy atom. The number of piperidine rings is 1. The number of amides is 1. The van der Waals surface area contributed by atoms with Crippen molar-refractivity contribution in [3.05, 3.63) is 24.0 Å². The van der Waals surface area contributed by atoms with Crippen LogP contribution in [0.1, 0.15) is 49.5 Å². The lowest BCUT2D eigenvalue weighted by molar-refractivity contribution is -0.140. The molecule has 1 unspecified atom stereocenters. The van der Waals surface area contributed by atoms with E-state index in [2.05, 4.69) is 16.8 Å². The molecular formula is C23H29F5N4O2. The summed E-state index contributed by atoms with van der Waals surface area (Å²) in [6.45, 7) is 2.80. The van der Waals surface area contributed by atoms with Crippen LogP contribution in [0.4, 0.5) is 22.0 Å². The van der Waals surface area contributed by atoms with Crippen LogP contribution in [0.5, 0.6) is 5.75 Å². The van der Waals surface area contributed by atoms with Gasteiger partial charge in [0.1, 0.15) is 23.6 Å². The molecule has 0 radical (unpaired) electrons. The van der Waals surface area contributed by atoms with Gasteiger partial charge in [0.05, 0.1) is 12.8 Å². The Bertz CT molecular complexity index is 1010. The fourth-order valence-corrected chi connectivity index (χ4v) is 4.70. The largest absolute Gasteiger partial charge is 0.492 e. The zero-order valence-electron chi connectivity index (χ0n) is 19.1. The number of carbonyl (C=O) groups is 1. The molecule has 11 heteroatoms. The molecule has 0 aliphatic carbocycles. The van der Waals surface area contributed by atoms with Crippen LogP contribution < -0.4 is 4.74 Å². The van der Waals surface area contributed by atoms with E-state index in [0.29, 0.717) is 23.8 Å². The molecule has 2 aliphatic heterocycles. The molecule has 2 aromatic heterocycles. The van der Waals surface area contributed by atoms with Crippen LogP contribution in [0.25, 0.3) is 11.0 Å². The van der Waals surface area contributed by atoms with E-state index in [0.717, 1.165) is 24.1 Å². The second-order valence-electron chi connectivity index (χ2n) is 9.19. The minimum absolute atomic E-state index is 0.00116. The summed E-state index contributed by atoms with van der Waals surface area (Å²) < 4.78 is 73.3. The number of hydrogen-bond acceptors (Lipinski definition) is 4. The smallest absolute Gasteiger partial charge is 0.406 e. The van der Waals surface area contributed by atoms with Crippen molar-refractivity contribution in [3.8, 4) is 5.75 Å². The van der Waals surface area contributed by atoms with Gasteiger partial charge >= 0.3 is 6.18 Å². The van der Waals surface area contributed by atoms with Crippen molar-refractivity contribution >= 4 is 16.9 Å². The van der Waals surface area contributed by atoms with Crippen LogP contribution in [0.15, 0.2) is 18.3 Å². The van der Waals surface area contributed by atoms with Crippen molar-refractivity contribution in [2.24, 2.45) is 0 Å². The molecule has 2 aromatic rings. The van der Waals surface area contributed by atoms with Crippen molar-refractivity contribution in [2.45, 2.75) is 63.7 Å². The number of alkyl halides is 5. The molecule has 0 bridgehead atoms. The molecule has 0 spiro atoms. The third-order valence-corrected chi connectivity index (χ3v) is 6.60. The molecule has 1 amide bonds. The number of rotatable bonds is 7. The predicted octanol–water partition coefficient (Wildman–Crippen LogP) is 4.72. The first-order chi connectivity index (χ1) is 16.0. The molecule has 34 heavy (non-hydrogen) atoms. The first kappa shape index (κ1) is 24.7. The average Bonchev–Trinajstić information content (AvgIpc) is 3.32. The second-order valence-corrected chi connectivity index (χ2v) is 9.19. The van der Waals surface area contributed by atoms with E-state index in [1.807, 2.05) is 0 Å². The Labute approximate surface area is 194 Å². The van der Waals surface area contributed by atoms with Gasteiger partial charge in [-0.25, -0.2) is 13.8 Å². The number of pyridine rings is 1. The number of halogens is 5. The molecule has 1 atom stereocenters. The molecule has 2 aliphatic rings. The first-order valence-electron chi connectivity index (χ1n) is 11.6. The SMILES string of the molecule is CC1CCCN1CCCOc1cnc2c(c1)cc(C(=O)N1CCC(F)(F)CC1)n2CC(F)(F)F. The van der Waals surface area contributed by atoms with E-state index in [9.17, 15) is 26.7 Å². The topological polar surface area (TPSA) is 50.6 Å². The maximum atomic E-state index is 13.5. The summed E-state index contributed by atoms with van der Waals surface area (Å²) >= 11 is 0. The molecule has 0 aromatic carbocycles. The minimum atomic E-state index is -4.58. The van der Waals surface area contributed by atoms with E-state index in [1.165, 1.54) is 30.0 Å². The van der Waals surface area contributed by atoms with Gasteiger partial charge < -0.3 is 19.1 Å². The summed E-state index contributed by atoms with van der Waals surface area (Å²) in [4.78, 5) is 20.7. The van der Waals surface area contributed by atoms with E-state index >= 15 is 0 Å². The summed E-state index contributed by atoms with van der Waals surface area (Å²) in [6.07, 6.45) is -1.06. The van der Waals surface area contributed by atoms with Crippen molar-refractivity contribution in [2.75, 3.05) is 32.8 Å². The van der Waals surface area contributed by atoms with Crippen LogP contribution in [0.3, 0.4) is 0 Å². The maximum absolute atomic E-state index is 13.5. The van der Waals surface area contributed by atoms with Crippen LogP contribution in [0.2, 0.25) is 0 Å². The van der Waals surface area contributed by atoms with Gasteiger partial charge in [-0.15, -0.1) is 0 Å². The normalized spacial score (nSPS) is 21.4. The standard InChI is InChI=1S/C23H29F5N4O2/c1-16-4-2-7-30(16)8-3-11-34-18-12-17-13-19(21(33)31-9-5-22(24,25)6-10-31)32(15-23(26,27)28)20(17)29-14-18/h12-14,16H,2-11,15H2,1H3. The zero-order valence-corrected chi connectivity index (χ0v) is 19.1. The highest BCUT2D eigenvalue weighted by molar-refractivity contribution is 5.98. The lowest BCUT2D eigenvalue weighted by Crippen LogP contribution is -2.43. The third kappa shape index (κ3) is 5.79. The van der Waals surface area contributed by atoms with Gasteiger partial charge in [0.2, 0.25) is 0 Å². The maximum Gasteiger partial charge on any atom is 0.406 e. The highest BCUT2D eigenvalue weighted by Crippen LogP contribution is 2.31. The summed E-state index contributed by atoms with van der Waals surface area (Å²) in [6, 6.07) is 3.46. The van der Waals surface area contributed by atoms with Gasteiger partial charge in [-0.3, -0.25) is 4.79 Å². The minimum Gasteiger partial charge on any atom is -0.492 e. The Balaban J connectivity index is 1.49. The Hall–Kier alpha value is -2.43. The fraction of sp³-hybridized carbons (Fsp3) is 0.652. The van der Waals surface area contributed by atoms with E-state index < -0.39 is 37.4 Å². The Kier molecular flexibility index (Phi) is 7.02. The lowest BCUT2D eigenvalue weighted by atomic mass is 10.1. The summed E-state index contributed by atoms with van der Waals surface area (Å²) in [7, 11) is 0. The van der Waals surface area contributed by atoms with Crippen molar-refractivity contribution in [1.82, 2.24) is 19.4 Å². The molecule has 4 heterocycles. The number of fused-ring (bicyclic) bond motifs is 1. The molecule has 4 rings (SSSR count). The first-order valence-corrected chi connectivity index (χ1v) is 11.6. The van der Waals surface area contributed by atoms with Gasteiger partial charge in [-0.1, -0.05) is 0 Å². The van der Waals surface area contributed by atoms with E-state index in [-0.39, 0.29) is 24.4 Å². The molecular weight excluding hydrogens is 459 g/mol. The van der Waals surface area contributed by atoms with Gasteiger partial charge in [-0.2, -0.15) is 13.2 Å². The highest BCUT2D eigenvalue weighted by Gasteiger charge is 2.38. The summed E-state index contributed by atoms with van der Waals surface area (Å²) in [5.41, 5.74) is -0.216. The van der Waals surface area contributed by atoms with Gasteiger partial charge in [0, 0.05) is 43.9 Å². The van der Waals surface area contributed by atoms with Crippen LogP contribution in [-0.2, 0) is 6.54 Å². The van der Waals surface area contributed by atoms with Crippen molar-refractivity contribution in [1.29, 1.82) is 0 Å². The molecule has 2 fully saturated rings. The van der Waals surface area contributed by atoms with Gasteiger partial charge in [0.15, 0.2) is 0 Å². The van der Waals surface area contributed by atoms with Crippen LogP contribution in [-0.4, -0.2) is 76.2 Å². The van der Waals surface area contributed by atoms with Crippen LogP contribution >= 0.6 is 0 Å². The number of nitrogens with zero attached hydrogens (tertiary/aromatic N) is 4. The Morgan fingerprint density at radius 1 is 1.21 bits per heavy atom. The number of aromatic nitrogens is 2. The van der Waals surface area contributed by atoms with Crippen molar-refractivity contribution < 1.29 is 31.5 Å². The monoisotopic (exact) mass is 488 g/mol. The van der Waals surface area contributed by atoms with Gasteiger partial charge in [0.25, 0.3) is 11.8 Å². The molecule has 2 saturated heterocycles.